The number of hydrogen-bond acceptors (Lipinski definition) is 0. The first-order valence-corrected chi connectivity index (χ1v) is 6.97. The van der Waals surface area contributed by atoms with Crippen LogP contribution in [0.1, 0.15) is 62.8 Å². The van der Waals surface area contributed by atoms with Gasteiger partial charge in [-0.1, -0.05) is 75.8 Å². The molecule has 0 spiro atoms. The van der Waals surface area contributed by atoms with E-state index in [1.54, 1.807) is 0 Å². The molecular formula is C15H23Cl. The van der Waals surface area contributed by atoms with Gasteiger partial charge in [0.15, 0.2) is 0 Å². The van der Waals surface area contributed by atoms with E-state index >= 15 is 0 Å². The van der Waals surface area contributed by atoms with E-state index in [1.165, 1.54) is 44.1 Å². The number of unbranched alkanes of at least 4 members (excludes halogenated alkanes) is 5. The molecule has 1 rings (SSSR count). The van der Waals surface area contributed by atoms with Gasteiger partial charge in [-0.05, 0) is 12.0 Å². The molecular weight excluding hydrogens is 216 g/mol. The maximum Gasteiger partial charge on any atom is 0.0585 e. The minimum absolute atomic E-state index is 0.201. The summed E-state index contributed by atoms with van der Waals surface area (Å²) in [6.45, 7) is 2.25. The van der Waals surface area contributed by atoms with Crippen molar-refractivity contribution in [3.05, 3.63) is 35.9 Å². The van der Waals surface area contributed by atoms with E-state index < -0.39 is 0 Å². The van der Waals surface area contributed by atoms with E-state index in [1.807, 2.05) is 6.07 Å². The molecule has 0 N–H and O–H groups in total. The van der Waals surface area contributed by atoms with E-state index in [2.05, 4.69) is 31.2 Å². The lowest BCUT2D eigenvalue weighted by atomic mass is 10.0. The molecule has 1 unspecified atom stereocenters. The van der Waals surface area contributed by atoms with Gasteiger partial charge in [0.05, 0.1) is 5.38 Å². The van der Waals surface area contributed by atoms with Crippen LogP contribution in [0.4, 0.5) is 0 Å². The van der Waals surface area contributed by atoms with Crippen LogP contribution in [0.3, 0.4) is 0 Å². The average molecular weight is 239 g/mol. The number of hydrogen-bond donors (Lipinski definition) is 0. The normalized spacial score (nSPS) is 12.6. The van der Waals surface area contributed by atoms with Crippen LogP contribution in [0.25, 0.3) is 0 Å². The largest absolute Gasteiger partial charge is 0.118 e. The molecule has 0 saturated carbocycles. The van der Waals surface area contributed by atoms with Gasteiger partial charge < -0.3 is 0 Å². The van der Waals surface area contributed by atoms with Crippen LogP contribution in [-0.4, -0.2) is 0 Å². The first kappa shape index (κ1) is 13.6. The summed E-state index contributed by atoms with van der Waals surface area (Å²) in [5.41, 5.74) is 1.26. The first-order valence-electron chi connectivity index (χ1n) is 6.53. The molecule has 0 amide bonds. The Balaban J connectivity index is 2.09. The number of benzene rings is 1. The smallest absolute Gasteiger partial charge is 0.0585 e. The minimum atomic E-state index is 0.201. The molecule has 0 bridgehead atoms. The lowest BCUT2D eigenvalue weighted by Crippen LogP contribution is -1.90. The van der Waals surface area contributed by atoms with Gasteiger partial charge in [-0.3, -0.25) is 0 Å². The maximum absolute atomic E-state index is 6.35. The number of halogens is 1. The second-order valence-electron chi connectivity index (χ2n) is 4.43. The highest BCUT2D eigenvalue weighted by Gasteiger charge is 2.05. The summed E-state index contributed by atoms with van der Waals surface area (Å²) < 4.78 is 0. The van der Waals surface area contributed by atoms with Crippen LogP contribution in [-0.2, 0) is 0 Å². The molecule has 0 saturated heterocycles. The van der Waals surface area contributed by atoms with Crippen molar-refractivity contribution >= 4 is 11.6 Å². The van der Waals surface area contributed by atoms with E-state index in [-0.39, 0.29) is 5.38 Å². The standard InChI is InChI=1S/C15H23Cl/c1-2-3-4-5-6-10-13-15(16)14-11-8-7-9-12-14/h7-9,11-12,15H,2-6,10,13H2,1H3. The van der Waals surface area contributed by atoms with E-state index in [0.29, 0.717) is 0 Å². The van der Waals surface area contributed by atoms with Crippen LogP contribution in [0.5, 0.6) is 0 Å². The molecule has 0 aliphatic heterocycles. The third kappa shape index (κ3) is 5.55. The molecule has 90 valence electrons. The van der Waals surface area contributed by atoms with Crippen LogP contribution in [0.15, 0.2) is 30.3 Å². The molecule has 1 atom stereocenters. The Morgan fingerprint density at radius 3 is 2.25 bits per heavy atom. The summed E-state index contributed by atoms with van der Waals surface area (Å²) in [5, 5.41) is 0.201. The van der Waals surface area contributed by atoms with Crippen molar-refractivity contribution in [2.45, 2.75) is 57.2 Å². The Morgan fingerprint density at radius 2 is 1.56 bits per heavy atom. The highest BCUT2D eigenvalue weighted by atomic mass is 35.5. The van der Waals surface area contributed by atoms with Gasteiger partial charge in [-0.25, -0.2) is 0 Å². The van der Waals surface area contributed by atoms with Crippen LogP contribution in [0.2, 0.25) is 0 Å². The molecule has 0 radical (unpaired) electrons. The second-order valence-corrected chi connectivity index (χ2v) is 4.96. The second kappa shape index (κ2) is 8.64. The predicted molar refractivity (Wildman–Crippen MR) is 73.0 cm³/mol. The predicted octanol–water partition coefficient (Wildman–Crippen LogP) is 5.72. The fourth-order valence-corrected chi connectivity index (χ4v) is 2.23. The van der Waals surface area contributed by atoms with Crippen LogP contribution < -0.4 is 0 Å². The van der Waals surface area contributed by atoms with Crippen molar-refractivity contribution in [2.24, 2.45) is 0 Å². The summed E-state index contributed by atoms with van der Waals surface area (Å²) in [4.78, 5) is 0. The average Bonchev–Trinajstić information content (AvgIpc) is 2.34. The number of alkyl halides is 1. The SMILES string of the molecule is CCCCCCCCC(Cl)c1ccccc1. The summed E-state index contributed by atoms with van der Waals surface area (Å²) in [6, 6.07) is 10.4. The Hall–Kier alpha value is -0.490. The molecule has 0 aliphatic carbocycles. The highest BCUT2D eigenvalue weighted by molar-refractivity contribution is 6.20. The third-order valence-electron chi connectivity index (χ3n) is 2.97. The Morgan fingerprint density at radius 1 is 0.938 bits per heavy atom. The van der Waals surface area contributed by atoms with Gasteiger partial charge in [0.25, 0.3) is 0 Å². The third-order valence-corrected chi connectivity index (χ3v) is 3.44. The molecule has 1 aromatic carbocycles. The molecule has 1 heteroatoms. The van der Waals surface area contributed by atoms with Gasteiger partial charge in [0.1, 0.15) is 0 Å². The zero-order chi connectivity index (χ0) is 11.6. The first-order chi connectivity index (χ1) is 7.84. The van der Waals surface area contributed by atoms with Crippen molar-refractivity contribution in [3.8, 4) is 0 Å². The van der Waals surface area contributed by atoms with Gasteiger partial charge in [0, 0.05) is 0 Å². The zero-order valence-electron chi connectivity index (χ0n) is 10.3. The highest BCUT2D eigenvalue weighted by Crippen LogP contribution is 2.26. The molecule has 0 aliphatic rings. The van der Waals surface area contributed by atoms with Crippen LogP contribution >= 0.6 is 11.6 Å². The molecule has 0 nitrogen and oxygen atoms in total. The summed E-state index contributed by atoms with van der Waals surface area (Å²) in [6.07, 6.45) is 9.15. The zero-order valence-corrected chi connectivity index (χ0v) is 11.0. The van der Waals surface area contributed by atoms with Crippen molar-refractivity contribution in [1.29, 1.82) is 0 Å². The Bertz CT molecular complexity index is 255. The van der Waals surface area contributed by atoms with Crippen LogP contribution in [0, 0.1) is 0 Å². The topological polar surface area (TPSA) is 0 Å². The quantitative estimate of drug-likeness (QED) is 0.402. The fourth-order valence-electron chi connectivity index (χ4n) is 1.93. The van der Waals surface area contributed by atoms with Gasteiger partial charge in [0.2, 0.25) is 0 Å². The molecule has 0 aromatic heterocycles. The van der Waals surface area contributed by atoms with Crippen molar-refractivity contribution in [1.82, 2.24) is 0 Å². The molecule has 1 aromatic rings. The van der Waals surface area contributed by atoms with E-state index in [0.717, 1.165) is 6.42 Å². The van der Waals surface area contributed by atoms with Crippen molar-refractivity contribution < 1.29 is 0 Å². The fraction of sp³-hybridized carbons (Fsp3) is 0.600. The lowest BCUT2D eigenvalue weighted by molar-refractivity contribution is 0.584. The molecule has 0 fully saturated rings. The summed E-state index contributed by atoms with van der Waals surface area (Å²) in [5.74, 6) is 0. The number of rotatable bonds is 8. The lowest BCUT2D eigenvalue weighted by Gasteiger charge is -2.09. The van der Waals surface area contributed by atoms with Crippen molar-refractivity contribution in [2.75, 3.05) is 0 Å². The maximum atomic E-state index is 6.35. The Kier molecular flexibility index (Phi) is 7.33. The molecule has 16 heavy (non-hydrogen) atoms. The minimum Gasteiger partial charge on any atom is -0.118 e. The summed E-state index contributed by atoms with van der Waals surface area (Å²) >= 11 is 6.35. The monoisotopic (exact) mass is 238 g/mol. The van der Waals surface area contributed by atoms with Gasteiger partial charge in [-0.15, -0.1) is 11.6 Å². The van der Waals surface area contributed by atoms with E-state index in [4.69, 9.17) is 11.6 Å². The summed E-state index contributed by atoms with van der Waals surface area (Å²) in [7, 11) is 0. The molecule has 0 heterocycles. The van der Waals surface area contributed by atoms with Gasteiger partial charge in [-0.2, -0.15) is 0 Å². The Labute approximate surface area is 105 Å². The van der Waals surface area contributed by atoms with Gasteiger partial charge >= 0.3 is 0 Å². The van der Waals surface area contributed by atoms with E-state index in [9.17, 15) is 0 Å². The van der Waals surface area contributed by atoms with Crippen molar-refractivity contribution in [3.63, 3.8) is 0 Å².